The summed E-state index contributed by atoms with van der Waals surface area (Å²) in [6.45, 7) is 6.42. The predicted octanol–water partition coefficient (Wildman–Crippen LogP) is 3.96. The Morgan fingerprint density at radius 1 is 1.10 bits per heavy atom. The van der Waals surface area contributed by atoms with E-state index in [4.69, 9.17) is 5.73 Å². The second kappa shape index (κ2) is 6.74. The molecule has 0 aliphatic rings. The predicted molar refractivity (Wildman–Crippen MR) is 88.7 cm³/mol. The van der Waals surface area contributed by atoms with E-state index in [1.807, 2.05) is 35.6 Å². The summed E-state index contributed by atoms with van der Waals surface area (Å²) in [6, 6.07) is 12.0. The first kappa shape index (κ1) is 15.5. The summed E-state index contributed by atoms with van der Waals surface area (Å²) in [4.78, 5) is 13.5. The highest BCUT2D eigenvalue weighted by Crippen LogP contribution is 2.25. The number of aryl methyl sites for hydroxylation is 1. The molecule has 0 saturated carbocycles. The molecule has 2 atom stereocenters. The molecule has 1 aromatic heterocycles. The van der Waals surface area contributed by atoms with Crippen LogP contribution in [0.3, 0.4) is 0 Å². The van der Waals surface area contributed by atoms with Crippen LogP contribution in [0.2, 0.25) is 0 Å². The third-order valence-electron chi connectivity index (χ3n) is 3.37. The molecule has 0 aliphatic heterocycles. The molecule has 0 spiro atoms. The van der Waals surface area contributed by atoms with Crippen molar-refractivity contribution in [2.24, 2.45) is 5.73 Å². The van der Waals surface area contributed by atoms with Gasteiger partial charge in [0.25, 0.3) is 0 Å². The molecule has 2 unspecified atom stereocenters. The van der Waals surface area contributed by atoms with Gasteiger partial charge in [0, 0.05) is 27.5 Å². The van der Waals surface area contributed by atoms with Crippen LogP contribution in [0.5, 0.6) is 0 Å². The summed E-state index contributed by atoms with van der Waals surface area (Å²) in [7, 11) is 0. The lowest BCUT2D eigenvalue weighted by molar-refractivity contribution is 0.259. The van der Waals surface area contributed by atoms with Crippen molar-refractivity contribution >= 4 is 23.1 Å². The van der Waals surface area contributed by atoms with Crippen LogP contribution in [0.25, 0.3) is 0 Å². The van der Waals surface area contributed by atoms with Gasteiger partial charge in [-0.05, 0) is 50.6 Å². The Kier molecular flexibility index (Phi) is 4.98. The fourth-order valence-electron chi connectivity index (χ4n) is 2.24. The van der Waals surface area contributed by atoms with Gasteiger partial charge in [0.1, 0.15) is 0 Å². The Bertz CT molecular complexity index is 606. The van der Waals surface area contributed by atoms with Gasteiger partial charge < -0.3 is 16.4 Å². The van der Waals surface area contributed by atoms with Crippen molar-refractivity contribution in [3.8, 4) is 0 Å². The van der Waals surface area contributed by atoms with Crippen molar-refractivity contribution in [2.45, 2.75) is 32.9 Å². The van der Waals surface area contributed by atoms with E-state index in [9.17, 15) is 4.79 Å². The molecule has 1 aromatic carbocycles. The van der Waals surface area contributed by atoms with Crippen molar-refractivity contribution in [1.29, 1.82) is 0 Å². The van der Waals surface area contributed by atoms with Gasteiger partial charge in [-0.1, -0.05) is 12.1 Å². The lowest BCUT2D eigenvalue weighted by Crippen LogP contribution is -2.22. The van der Waals surface area contributed by atoms with Gasteiger partial charge in [-0.25, -0.2) is 4.79 Å². The molecule has 0 bridgehead atoms. The van der Waals surface area contributed by atoms with Gasteiger partial charge in [-0.15, -0.1) is 11.3 Å². The number of amides is 2. The normalized spacial score (nSPS) is 13.7. The number of carbonyl (C=O) groups excluding carboxylic acids is 1. The Labute approximate surface area is 129 Å². The van der Waals surface area contributed by atoms with E-state index in [0.717, 1.165) is 0 Å². The van der Waals surface area contributed by atoms with Crippen molar-refractivity contribution in [3.63, 3.8) is 0 Å². The molecule has 0 aliphatic carbocycles. The van der Waals surface area contributed by atoms with Crippen molar-refractivity contribution in [1.82, 2.24) is 5.32 Å². The summed E-state index contributed by atoms with van der Waals surface area (Å²) in [6.07, 6.45) is 0. The molecule has 21 heavy (non-hydrogen) atoms. The second-order valence-electron chi connectivity index (χ2n) is 5.17. The van der Waals surface area contributed by atoms with E-state index in [1.54, 1.807) is 0 Å². The quantitative estimate of drug-likeness (QED) is 0.782. The standard InChI is InChI=1S/C16H21N3OS/c1-10-4-9-15(21-10)12(3)18-11(2)13-5-7-14(8-6-13)19-16(17)20/h4-9,11-12,18H,1-3H3,(H3,17,19,20). The molecule has 5 heteroatoms. The number of hydrogen-bond acceptors (Lipinski definition) is 3. The van der Waals surface area contributed by atoms with Crippen LogP contribution in [0.4, 0.5) is 10.5 Å². The minimum atomic E-state index is -0.546. The second-order valence-corrected chi connectivity index (χ2v) is 6.49. The van der Waals surface area contributed by atoms with Crippen molar-refractivity contribution in [3.05, 3.63) is 51.7 Å². The van der Waals surface area contributed by atoms with Gasteiger partial charge in [-0.2, -0.15) is 0 Å². The molecular weight excluding hydrogens is 282 g/mol. The van der Waals surface area contributed by atoms with Crippen molar-refractivity contribution < 1.29 is 4.79 Å². The van der Waals surface area contributed by atoms with Crippen LogP contribution in [0, 0.1) is 6.92 Å². The van der Waals surface area contributed by atoms with E-state index >= 15 is 0 Å². The first-order chi connectivity index (χ1) is 9.95. The minimum absolute atomic E-state index is 0.227. The fraction of sp³-hybridized carbons (Fsp3) is 0.312. The van der Waals surface area contributed by atoms with Crippen LogP contribution in [-0.2, 0) is 0 Å². The zero-order valence-electron chi connectivity index (χ0n) is 12.5. The molecule has 0 saturated heterocycles. The summed E-state index contributed by atoms with van der Waals surface area (Å²) in [5.74, 6) is 0. The number of nitrogens with one attached hydrogen (secondary N) is 2. The topological polar surface area (TPSA) is 67.2 Å². The maximum atomic E-state index is 10.8. The molecule has 2 aromatic rings. The number of carbonyl (C=O) groups is 1. The lowest BCUT2D eigenvalue weighted by Gasteiger charge is -2.20. The molecule has 4 nitrogen and oxygen atoms in total. The van der Waals surface area contributed by atoms with Crippen LogP contribution < -0.4 is 16.4 Å². The Balaban J connectivity index is 1.99. The van der Waals surface area contributed by atoms with Gasteiger partial charge >= 0.3 is 6.03 Å². The summed E-state index contributed by atoms with van der Waals surface area (Å²) in [5.41, 5.74) is 6.97. The average molecular weight is 303 g/mol. The summed E-state index contributed by atoms with van der Waals surface area (Å²) < 4.78 is 0. The number of nitrogens with two attached hydrogens (primary N) is 1. The molecule has 2 rings (SSSR count). The molecule has 4 N–H and O–H groups in total. The molecular formula is C16H21N3OS. The SMILES string of the molecule is Cc1ccc(C(C)NC(C)c2ccc(NC(N)=O)cc2)s1. The number of anilines is 1. The molecule has 0 radical (unpaired) electrons. The number of benzene rings is 1. The highest BCUT2D eigenvalue weighted by molar-refractivity contribution is 7.12. The Morgan fingerprint density at radius 2 is 1.76 bits per heavy atom. The largest absolute Gasteiger partial charge is 0.351 e. The van der Waals surface area contributed by atoms with Crippen LogP contribution in [0.1, 0.15) is 41.2 Å². The number of thiophene rings is 1. The molecule has 112 valence electrons. The maximum Gasteiger partial charge on any atom is 0.316 e. The monoisotopic (exact) mass is 303 g/mol. The molecule has 1 heterocycles. The third kappa shape index (κ3) is 4.31. The van der Waals surface area contributed by atoms with Gasteiger partial charge in [0.15, 0.2) is 0 Å². The maximum absolute atomic E-state index is 10.8. The van der Waals surface area contributed by atoms with E-state index in [2.05, 4.69) is 43.5 Å². The Morgan fingerprint density at radius 3 is 2.29 bits per heavy atom. The minimum Gasteiger partial charge on any atom is -0.351 e. The third-order valence-corrected chi connectivity index (χ3v) is 4.55. The first-order valence-corrected chi connectivity index (χ1v) is 7.76. The van der Waals surface area contributed by atoms with Crippen LogP contribution in [-0.4, -0.2) is 6.03 Å². The van der Waals surface area contributed by atoms with Crippen molar-refractivity contribution in [2.75, 3.05) is 5.32 Å². The Hall–Kier alpha value is -1.85. The molecule has 2 amide bonds. The fourth-order valence-corrected chi connectivity index (χ4v) is 3.13. The number of urea groups is 1. The van der Waals surface area contributed by atoms with Crippen LogP contribution >= 0.6 is 11.3 Å². The molecule has 0 fully saturated rings. The number of rotatable bonds is 5. The zero-order chi connectivity index (χ0) is 15.4. The summed E-state index contributed by atoms with van der Waals surface area (Å²) in [5, 5.41) is 6.14. The van der Waals surface area contributed by atoms with E-state index in [1.165, 1.54) is 15.3 Å². The van der Waals surface area contributed by atoms with E-state index in [-0.39, 0.29) is 6.04 Å². The van der Waals surface area contributed by atoms with E-state index in [0.29, 0.717) is 11.7 Å². The zero-order valence-corrected chi connectivity index (χ0v) is 13.3. The average Bonchev–Trinajstić information content (AvgIpc) is 2.85. The summed E-state index contributed by atoms with van der Waals surface area (Å²) >= 11 is 1.82. The smallest absolute Gasteiger partial charge is 0.316 e. The highest BCUT2D eigenvalue weighted by atomic mass is 32.1. The highest BCUT2D eigenvalue weighted by Gasteiger charge is 2.12. The number of hydrogen-bond donors (Lipinski definition) is 3. The first-order valence-electron chi connectivity index (χ1n) is 6.94. The van der Waals surface area contributed by atoms with Gasteiger partial charge in [0.2, 0.25) is 0 Å². The lowest BCUT2D eigenvalue weighted by atomic mass is 10.1. The number of primary amides is 1. The van der Waals surface area contributed by atoms with E-state index < -0.39 is 6.03 Å². The van der Waals surface area contributed by atoms with Crippen LogP contribution in [0.15, 0.2) is 36.4 Å². The van der Waals surface area contributed by atoms with Gasteiger partial charge in [-0.3, -0.25) is 0 Å². The van der Waals surface area contributed by atoms with Gasteiger partial charge in [0.05, 0.1) is 0 Å².